The summed E-state index contributed by atoms with van der Waals surface area (Å²) in [6.45, 7) is 4.65. The lowest BCUT2D eigenvalue weighted by Crippen LogP contribution is -2.44. The number of carboxylic acid groups (broad SMARTS) is 1. The van der Waals surface area contributed by atoms with Crippen molar-refractivity contribution >= 4 is 46.5 Å². The number of hydrogen-bond acceptors (Lipinski definition) is 7. The monoisotopic (exact) mass is 502 g/mol. The molecule has 0 bridgehead atoms. The van der Waals surface area contributed by atoms with Crippen LogP contribution in [0.5, 0.6) is 0 Å². The minimum atomic E-state index is -1.26. The molecule has 2 heterocycles. The van der Waals surface area contributed by atoms with Gasteiger partial charge in [-0.15, -0.1) is 5.10 Å². The van der Waals surface area contributed by atoms with Gasteiger partial charge in [0.05, 0.1) is 39.5 Å². The molecule has 0 atom stereocenters. The Balaban J connectivity index is 1.71. The number of nitrogen functional groups attached to an aromatic ring is 1. The van der Waals surface area contributed by atoms with Crippen molar-refractivity contribution in [2.75, 3.05) is 54.5 Å². The highest BCUT2D eigenvalue weighted by atomic mass is 35.5. The molecule has 1 saturated heterocycles. The van der Waals surface area contributed by atoms with Crippen LogP contribution >= 0.6 is 11.6 Å². The molecule has 0 aliphatic carbocycles. The summed E-state index contributed by atoms with van der Waals surface area (Å²) in [5, 5.41) is 21.6. The molecule has 13 heteroatoms. The van der Waals surface area contributed by atoms with Crippen LogP contribution in [0, 0.1) is 12.7 Å². The molecular weight excluding hydrogens is 479 g/mol. The first kappa shape index (κ1) is 24.2. The van der Waals surface area contributed by atoms with E-state index in [0.717, 1.165) is 31.9 Å². The minimum absolute atomic E-state index is 0.0211. The Kier molecular flexibility index (Phi) is 6.76. The second-order valence-electron chi connectivity index (χ2n) is 8.19. The number of nitrogens with zero attached hydrogens (tertiary/aromatic N) is 5. The zero-order valence-corrected chi connectivity index (χ0v) is 19.8. The average molecular weight is 503 g/mol. The molecule has 3 aromatic rings. The van der Waals surface area contributed by atoms with Gasteiger partial charge in [0.15, 0.2) is 11.6 Å². The van der Waals surface area contributed by atoms with E-state index in [1.54, 1.807) is 12.1 Å². The molecule has 0 unspecified atom stereocenters. The number of likely N-dealkylation sites (N-methyl/N-ethyl adjacent to an activating group) is 1. The van der Waals surface area contributed by atoms with Crippen molar-refractivity contribution in [1.82, 2.24) is 19.9 Å². The van der Waals surface area contributed by atoms with E-state index in [0.29, 0.717) is 11.4 Å². The molecule has 11 nitrogen and oxygen atoms in total. The number of hydrogen-bond donors (Lipinski definition) is 4. The fourth-order valence-electron chi connectivity index (χ4n) is 3.80. The molecule has 2 aromatic carbocycles. The fraction of sp³-hybridized carbons (Fsp3) is 0.273. The van der Waals surface area contributed by atoms with Crippen molar-refractivity contribution in [3.05, 3.63) is 52.4 Å². The van der Waals surface area contributed by atoms with E-state index in [-0.39, 0.29) is 27.7 Å². The molecule has 184 valence electrons. The van der Waals surface area contributed by atoms with Crippen LogP contribution in [0.25, 0.3) is 5.69 Å². The lowest BCUT2D eigenvalue weighted by molar-refractivity contribution is 0.102. The normalized spacial score (nSPS) is 14.1. The maximum absolute atomic E-state index is 14.1. The molecule has 0 radical (unpaired) electrons. The van der Waals surface area contributed by atoms with E-state index in [9.17, 15) is 14.0 Å². The van der Waals surface area contributed by atoms with Crippen molar-refractivity contribution < 1.29 is 19.1 Å². The Morgan fingerprint density at radius 2 is 1.89 bits per heavy atom. The van der Waals surface area contributed by atoms with Crippen molar-refractivity contribution in [1.29, 1.82) is 0 Å². The maximum Gasteiger partial charge on any atom is 0.410 e. The van der Waals surface area contributed by atoms with Gasteiger partial charge in [0.1, 0.15) is 0 Å². The Labute approximate surface area is 205 Å². The van der Waals surface area contributed by atoms with Gasteiger partial charge in [0.25, 0.3) is 5.91 Å². The number of halogens is 2. The summed E-state index contributed by atoms with van der Waals surface area (Å²) in [5.41, 5.74) is 7.47. The molecule has 0 spiro atoms. The largest absolute Gasteiger partial charge is 0.465 e. The van der Waals surface area contributed by atoms with Crippen molar-refractivity contribution in [3.63, 3.8) is 0 Å². The molecule has 4 rings (SSSR count). The summed E-state index contributed by atoms with van der Waals surface area (Å²) in [6, 6.07) is 6.53. The van der Waals surface area contributed by atoms with Gasteiger partial charge in [-0.2, -0.15) is 0 Å². The molecule has 1 aromatic heterocycles. The first-order valence-corrected chi connectivity index (χ1v) is 11.1. The lowest BCUT2D eigenvalue weighted by Gasteiger charge is -2.35. The van der Waals surface area contributed by atoms with Gasteiger partial charge < -0.3 is 26.0 Å². The molecule has 0 saturated carbocycles. The number of piperazine rings is 1. The van der Waals surface area contributed by atoms with Crippen LogP contribution < -0.4 is 21.3 Å². The van der Waals surface area contributed by atoms with Gasteiger partial charge in [-0.25, -0.2) is 13.9 Å². The number of carbonyl (C=O) groups excluding carboxylic acids is 1. The van der Waals surface area contributed by atoms with Crippen LogP contribution in [0.3, 0.4) is 0 Å². The number of benzene rings is 2. The topological polar surface area (TPSA) is 142 Å². The summed E-state index contributed by atoms with van der Waals surface area (Å²) in [4.78, 5) is 28.4. The van der Waals surface area contributed by atoms with Crippen molar-refractivity contribution in [3.8, 4) is 5.69 Å². The van der Waals surface area contributed by atoms with Gasteiger partial charge in [-0.05, 0) is 38.2 Å². The second-order valence-corrected chi connectivity index (χ2v) is 8.57. The van der Waals surface area contributed by atoms with E-state index in [4.69, 9.17) is 22.4 Å². The van der Waals surface area contributed by atoms with Crippen LogP contribution in [0.2, 0.25) is 5.02 Å². The quantitative estimate of drug-likeness (QED) is 0.390. The van der Waals surface area contributed by atoms with Gasteiger partial charge in [-0.3, -0.25) is 10.1 Å². The van der Waals surface area contributed by atoms with Crippen LogP contribution in [0.1, 0.15) is 15.9 Å². The Hall–Kier alpha value is -3.90. The molecule has 2 amide bonds. The standard InChI is InChI=1S/C22H24ClFN8O3/c1-12-19(23)14(10-15(25)20(12)24)21(33)26-16-9-13(32-11-18(28-29-32)27-22(34)35)3-4-17(16)31-7-5-30(2)6-8-31/h3-4,9-11,27H,5-8,25H2,1-2H3,(H,26,33)(H,34,35). The minimum Gasteiger partial charge on any atom is -0.465 e. The summed E-state index contributed by atoms with van der Waals surface area (Å²) < 4.78 is 15.5. The molecule has 1 aliphatic rings. The number of amides is 2. The fourth-order valence-corrected chi connectivity index (χ4v) is 4.02. The number of aromatic nitrogens is 3. The SMILES string of the molecule is Cc1c(F)c(N)cc(C(=O)Nc2cc(-n3cc(NC(=O)O)nn3)ccc2N2CCN(C)CC2)c1Cl. The van der Waals surface area contributed by atoms with Gasteiger partial charge in [-0.1, -0.05) is 16.8 Å². The highest BCUT2D eigenvalue weighted by molar-refractivity contribution is 6.35. The van der Waals surface area contributed by atoms with Crippen LogP contribution in [-0.4, -0.2) is 70.2 Å². The van der Waals surface area contributed by atoms with Crippen LogP contribution in [0.4, 0.5) is 32.1 Å². The van der Waals surface area contributed by atoms with Crippen LogP contribution in [0.15, 0.2) is 30.5 Å². The number of nitrogens with two attached hydrogens (primary N) is 1. The third kappa shape index (κ3) is 5.12. The molecule has 1 aliphatic heterocycles. The number of rotatable bonds is 5. The summed E-state index contributed by atoms with van der Waals surface area (Å²) in [5.74, 6) is -1.16. The smallest absolute Gasteiger partial charge is 0.410 e. The molecule has 35 heavy (non-hydrogen) atoms. The first-order chi connectivity index (χ1) is 16.6. The summed E-state index contributed by atoms with van der Waals surface area (Å²) in [7, 11) is 2.04. The highest BCUT2D eigenvalue weighted by Crippen LogP contribution is 2.32. The molecule has 1 fully saturated rings. The third-order valence-corrected chi connectivity index (χ3v) is 6.25. The van der Waals surface area contributed by atoms with Crippen molar-refractivity contribution in [2.24, 2.45) is 0 Å². The second kappa shape index (κ2) is 9.76. The maximum atomic E-state index is 14.1. The Bertz CT molecular complexity index is 1290. The van der Waals surface area contributed by atoms with E-state index in [1.807, 2.05) is 13.1 Å². The number of anilines is 4. The zero-order valence-electron chi connectivity index (χ0n) is 19.0. The number of carbonyl (C=O) groups is 2. The Morgan fingerprint density at radius 1 is 1.17 bits per heavy atom. The average Bonchev–Trinajstić information content (AvgIpc) is 3.28. The van der Waals surface area contributed by atoms with Gasteiger partial charge in [0, 0.05) is 31.7 Å². The number of nitrogens with one attached hydrogen (secondary N) is 2. The highest BCUT2D eigenvalue weighted by Gasteiger charge is 2.22. The lowest BCUT2D eigenvalue weighted by atomic mass is 10.1. The summed E-state index contributed by atoms with van der Waals surface area (Å²) >= 11 is 6.26. The zero-order chi connectivity index (χ0) is 25.3. The summed E-state index contributed by atoms with van der Waals surface area (Å²) in [6.07, 6.45) is 0.145. The van der Waals surface area contributed by atoms with Gasteiger partial charge in [0.2, 0.25) is 0 Å². The predicted molar refractivity (Wildman–Crippen MR) is 131 cm³/mol. The predicted octanol–water partition coefficient (Wildman–Crippen LogP) is 3.04. The molecule has 5 N–H and O–H groups in total. The van der Waals surface area contributed by atoms with Crippen molar-refractivity contribution in [2.45, 2.75) is 6.92 Å². The molecular formula is C22H24ClFN8O3. The van der Waals surface area contributed by atoms with Gasteiger partial charge >= 0.3 is 6.09 Å². The van der Waals surface area contributed by atoms with Crippen LogP contribution in [-0.2, 0) is 0 Å². The van der Waals surface area contributed by atoms with E-state index >= 15 is 0 Å². The third-order valence-electron chi connectivity index (χ3n) is 5.76. The van der Waals surface area contributed by atoms with E-state index in [1.165, 1.54) is 23.9 Å². The van der Waals surface area contributed by atoms with E-state index < -0.39 is 17.8 Å². The Morgan fingerprint density at radius 3 is 2.57 bits per heavy atom. The first-order valence-electron chi connectivity index (χ1n) is 10.7. The van der Waals surface area contributed by atoms with E-state index in [2.05, 4.69) is 30.7 Å².